The highest BCUT2D eigenvalue weighted by Crippen LogP contribution is 2.40. The molecule has 3 rings (SSSR count). The molecule has 2 heterocycles. The maximum atomic E-state index is 13.3. The molecule has 6 heteroatoms. The summed E-state index contributed by atoms with van der Waals surface area (Å²) < 4.78 is 5.30. The van der Waals surface area contributed by atoms with Gasteiger partial charge in [-0.3, -0.25) is 14.5 Å². The molecule has 0 radical (unpaired) electrons. The third-order valence-corrected chi connectivity index (χ3v) is 6.02. The van der Waals surface area contributed by atoms with E-state index in [2.05, 4.69) is 4.90 Å². The molecule has 1 atom stereocenters. The van der Waals surface area contributed by atoms with Crippen molar-refractivity contribution in [1.82, 2.24) is 14.7 Å². The number of hydrogen-bond donors (Lipinski definition) is 0. The van der Waals surface area contributed by atoms with E-state index < -0.39 is 0 Å². The number of hydrogen-bond acceptors (Lipinski definition) is 4. The smallest absolute Gasteiger partial charge is 0.236 e. The second kappa shape index (κ2) is 8.30. The molecule has 0 aliphatic carbocycles. The average molecular weight is 373 g/mol. The second-order valence-electron chi connectivity index (χ2n) is 7.83. The van der Waals surface area contributed by atoms with E-state index in [0.717, 1.165) is 43.7 Å². The van der Waals surface area contributed by atoms with Crippen LogP contribution in [0.15, 0.2) is 24.3 Å². The number of carbonyl (C=O) groups is 2. The van der Waals surface area contributed by atoms with Crippen LogP contribution in [0.5, 0.6) is 5.75 Å². The Morgan fingerprint density at radius 1 is 1.30 bits per heavy atom. The number of benzene rings is 1. The molecule has 1 spiro atoms. The Bertz CT molecular complexity index is 693. The second-order valence-corrected chi connectivity index (χ2v) is 7.83. The summed E-state index contributed by atoms with van der Waals surface area (Å²) >= 11 is 0. The molecule has 1 aromatic carbocycles. The summed E-state index contributed by atoms with van der Waals surface area (Å²) in [4.78, 5) is 31.4. The van der Waals surface area contributed by atoms with Crippen molar-refractivity contribution in [3.63, 3.8) is 0 Å². The number of rotatable bonds is 6. The van der Waals surface area contributed by atoms with E-state index in [1.165, 1.54) is 0 Å². The molecule has 0 unspecified atom stereocenters. The fraction of sp³-hybridized carbons (Fsp3) is 0.619. The Labute approximate surface area is 162 Å². The lowest BCUT2D eigenvalue weighted by atomic mass is 9.78. The van der Waals surface area contributed by atoms with Gasteiger partial charge in [0.15, 0.2) is 0 Å². The Hall–Kier alpha value is -2.08. The highest BCUT2D eigenvalue weighted by Gasteiger charge is 2.48. The van der Waals surface area contributed by atoms with Gasteiger partial charge in [0.25, 0.3) is 0 Å². The van der Waals surface area contributed by atoms with Crippen molar-refractivity contribution >= 4 is 11.8 Å². The number of carbonyl (C=O) groups excluding carboxylic acids is 2. The molecule has 2 aliphatic rings. The molecule has 0 saturated carbocycles. The minimum absolute atomic E-state index is 0.131. The van der Waals surface area contributed by atoms with E-state index >= 15 is 0 Å². The normalized spacial score (nSPS) is 23.1. The molecule has 0 N–H and O–H groups in total. The summed E-state index contributed by atoms with van der Waals surface area (Å²) in [5.74, 6) is 1.19. The standard InChI is InChI=1S/C21H31N3O3/c1-4-22(2)19(25)15-23-12-10-21(16-23)9-6-11-24(20(21)26)14-17-7-5-8-18(13-17)27-3/h5,7-8,13H,4,6,9-12,14-16H2,1-3H3/t21-/m1/s1. The Kier molecular flexibility index (Phi) is 6.05. The Morgan fingerprint density at radius 2 is 2.11 bits per heavy atom. The number of ether oxygens (including phenoxy) is 1. The molecule has 2 fully saturated rings. The maximum Gasteiger partial charge on any atom is 0.236 e. The number of piperidine rings is 1. The number of likely N-dealkylation sites (tertiary alicyclic amines) is 2. The Balaban J connectivity index is 1.65. The fourth-order valence-electron chi connectivity index (χ4n) is 4.25. The van der Waals surface area contributed by atoms with Gasteiger partial charge >= 0.3 is 0 Å². The summed E-state index contributed by atoms with van der Waals surface area (Å²) in [6, 6.07) is 7.92. The van der Waals surface area contributed by atoms with Crippen LogP contribution in [-0.4, -0.2) is 73.4 Å². The minimum Gasteiger partial charge on any atom is -0.497 e. The first-order valence-corrected chi connectivity index (χ1v) is 9.86. The van der Waals surface area contributed by atoms with Gasteiger partial charge in [0, 0.05) is 33.2 Å². The molecule has 1 aromatic rings. The largest absolute Gasteiger partial charge is 0.497 e. The molecule has 27 heavy (non-hydrogen) atoms. The van der Waals surface area contributed by atoms with Crippen molar-refractivity contribution in [3.8, 4) is 5.75 Å². The van der Waals surface area contributed by atoms with E-state index in [9.17, 15) is 9.59 Å². The van der Waals surface area contributed by atoms with E-state index in [0.29, 0.717) is 26.2 Å². The van der Waals surface area contributed by atoms with E-state index in [4.69, 9.17) is 4.74 Å². The molecule has 0 aromatic heterocycles. The number of methoxy groups -OCH3 is 1. The molecular formula is C21H31N3O3. The Morgan fingerprint density at radius 3 is 2.85 bits per heavy atom. The van der Waals surface area contributed by atoms with Gasteiger partial charge in [0.05, 0.1) is 19.1 Å². The summed E-state index contributed by atoms with van der Waals surface area (Å²) in [7, 11) is 3.49. The topological polar surface area (TPSA) is 53.1 Å². The maximum absolute atomic E-state index is 13.3. The summed E-state index contributed by atoms with van der Waals surface area (Å²) in [5.41, 5.74) is 0.775. The molecule has 148 valence electrons. The number of likely N-dealkylation sites (N-methyl/N-ethyl adjacent to an activating group) is 1. The lowest BCUT2D eigenvalue weighted by molar-refractivity contribution is -0.146. The third kappa shape index (κ3) is 4.26. The van der Waals surface area contributed by atoms with E-state index in [-0.39, 0.29) is 17.2 Å². The van der Waals surface area contributed by atoms with Gasteiger partial charge in [0.1, 0.15) is 5.75 Å². The quantitative estimate of drug-likeness (QED) is 0.765. The molecule has 2 saturated heterocycles. The van der Waals surface area contributed by atoms with Crippen LogP contribution >= 0.6 is 0 Å². The van der Waals surface area contributed by atoms with Crippen molar-refractivity contribution in [2.45, 2.75) is 32.7 Å². The van der Waals surface area contributed by atoms with Crippen LogP contribution in [0.25, 0.3) is 0 Å². The molecule has 6 nitrogen and oxygen atoms in total. The first-order valence-electron chi connectivity index (χ1n) is 9.86. The van der Waals surface area contributed by atoms with Crippen LogP contribution in [0.1, 0.15) is 31.7 Å². The molecule has 2 aliphatic heterocycles. The zero-order valence-electron chi connectivity index (χ0n) is 16.7. The molecular weight excluding hydrogens is 342 g/mol. The van der Waals surface area contributed by atoms with Gasteiger partial charge in [0.2, 0.25) is 11.8 Å². The van der Waals surface area contributed by atoms with Crippen LogP contribution in [0, 0.1) is 5.41 Å². The van der Waals surface area contributed by atoms with Crippen LogP contribution in [0.2, 0.25) is 0 Å². The molecule has 2 amide bonds. The van der Waals surface area contributed by atoms with Crippen molar-refractivity contribution in [2.24, 2.45) is 5.41 Å². The lowest BCUT2D eigenvalue weighted by Gasteiger charge is -2.39. The third-order valence-electron chi connectivity index (χ3n) is 6.02. The van der Waals surface area contributed by atoms with Crippen molar-refractivity contribution in [2.75, 3.05) is 46.9 Å². The van der Waals surface area contributed by atoms with Gasteiger partial charge in [-0.15, -0.1) is 0 Å². The number of amides is 2. The monoisotopic (exact) mass is 373 g/mol. The molecule has 0 bridgehead atoms. The summed E-state index contributed by atoms with van der Waals surface area (Å²) in [5, 5.41) is 0. The summed E-state index contributed by atoms with van der Waals surface area (Å²) in [6.07, 6.45) is 2.80. The van der Waals surface area contributed by atoms with Gasteiger partial charge in [-0.2, -0.15) is 0 Å². The summed E-state index contributed by atoms with van der Waals surface area (Å²) in [6.45, 7) is 6.04. The highest BCUT2D eigenvalue weighted by atomic mass is 16.5. The van der Waals surface area contributed by atoms with Crippen LogP contribution in [-0.2, 0) is 16.1 Å². The first-order chi connectivity index (χ1) is 13.0. The lowest BCUT2D eigenvalue weighted by Crippen LogP contribution is -2.50. The predicted octanol–water partition coefficient (Wildman–Crippen LogP) is 1.99. The van der Waals surface area contributed by atoms with Crippen LogP contribution in [0.4, 0.5) is 0 Å². The van der Waals surface area contributed by atoms with Gasteiger partial charge < -0.3 is 14.5 Å². The van der Waals surface area contributed by atoms with Gasteiger partial charge in [-0.05, 0) is 50.4 Å². The SMILES string of the molecule is CCN(C)C(=O)CN1CC[C@]2(CCCN(Cc3cccc(OC)c3)C2=O)C1. The highest BCUT2D eigenvalue weighted by molar-refractivity contribution is 5.84. The van der Waals surface area contributed by atoms with Crippen molar-refractivity contribution < 1.29 is 14.3 Å². The van der Waals surface area contributed by atoms with Crippen molar-refractivity contribution in [1.29, 1.82) is 0 Å². The average Bonchev–Trinajstić information content (AvgIpc) is 3.08. The minimum atomic E-state index is -0.317. The number of nitrogens with zero attached hydrogens (tertiary/aromatic N) is 3. The van der Waals surface area contributed by atoms with Gasteiger partial charge in [-0.1, -0.05) is 12.1 Å². The predicted molar refractivity (Wildman–Crippen MR) is 104 cm³/mol. The van der Waals surface area contributed by atoms with Crippen molar-refractivity contribution in [3.05, 3.63) is 29.8 Å². The fourth-order valence-corrected chi connectivity index (χ4v) is 4.25. The zero-order valence-corrected chi connectivity index (χ0v) is 16.7. The zero-order chi connectivity index (χ0) is 19.4. The van der Waals surface area contributed by atoms with Crippen LogP contribution in [0.3, 0.4) is 0 Å². The van der Waals surface area contributed by atoms with E-state index in [1.54, 1.807) is 12.0 Å². The van der Waals surface area contributed by atoms with Crippen LogP contribution < -0.4 is 4.74 Å². The van der Waals surface area contributed by atoms with Gasteiger partial charge in [-0.25, -0.2) is 0 Å². The van der Waals surface area contributed by atoms with E-state index in [1.807, 2.05) is 43.1 Å². The first kappa shape index (κ1) is 19.7.